The Balaban J connectivity index is 1.47. The molecule has 0 spiro atoms. The summed E-state index contributed by atoms with van der Waals surface area (Å²) in [6, 6.07) is 16.4. The topological polar surface area (TPSA) is 102 Å². The maximum Gasteiger partial charge on any atom is 0.437 e. The summed E-state index contributed by atoms with van der Waals surface area (Å²) in [7, 11) is 0. The molecule has 150 valence electrons. The first kappa shape index (κ1) is 18.6. The number of hydrogen-bond donors (Lipinski definition) is 1. The highest BCUT2D eigenvalue weighted by Gasteiger charge is 2.32. The minimum Gasteiger partial charge on any atom is -0.486 e. The van der Waals surface area contributed by atoms with Gasteiger partial charge in [-0.25, -0.2) is 4.79 Å². The van der Waals surface area contributed by atoms with Crippen LogP contribution in [-0.2, 0) is 6.61 Å². The number of nitrogens with one attached hydrogen (secondary N) is 1. The highest BCUT2D eigenvalue weighted by molar-refractivity contribution is 7.99. The lowest BCUT2D eigenvalue weighted by atomic mass is 10.2. The van der Waals surface area contributed by atoms with Crippen LogP contribution < -0.4 is 15.0 Å². The fourth-order valence-corrected chi connectivity index (χ4v) is 3.88. The molecule has 0 aliphatic carbocycles. The molecule has 1 aliphatic rings. The van der Waals surface area contributed by atoms with Crippen molar-refractivity contribution >= 4 is 29.1 Å². The Kier molecular flexibility index (Phi) is 4.85. The Morgan fingerprint density at radius 2 is 1.97 bits per heavy atom. The number of para-hydroxylation sites is 1. The molecular formula is C19H14ClN6O3S+. The third kappa shape index (κ3) is 3.51. The lowest BCUT2D eigenvalue weighted by Gasteiger charge is -2.11. The molecule has 0 saturated carbocycles. The van der Waals surface area contributed by atoms with E-state index < -0.39 is 5.63 Å². The molecule has 0 bridgehead atoms. The highest BCUT2D eigenvalue weighted by Crippen LogP contribution is 2.24. The van der Waals surface area contributed by atoms with E-state index in [0.717, 1.165) is 5.69 Å². The van der Waals surface area contributed by atoms with Gasteiger partial charge in [0.15, 0.2) is 11.5 Å². The maximum atomic E-state index is 12.4. The average Bonchev–Trinajstić information content (AvgIpc) is 3.37. The molecule has 2 aromatic heterocycles. The monoisotopic (exact) mass is 441 g/mol. The van der Waals surface area contributed by atoms with E-state index in [-0.39, 0.29) is 6.61 Å². The van der Waals surface area contributed by atoms with Gasteiger partial charge in [-0.2, -0.15) is 9.78 Å². The third-order valence-corrected chi connectivity index (χ3v) is 5.53. The van der Waals surface area contributed by atoms with Crippen LogP contribution in [0, 0.1) is 0 Å². The van der Waals surface area contributed by atoms with Crippen molar-refractivity contribution in [3.05, 3.63) is 81.6 Å². The van der Waals surface area contributed by atoms with Crippen molar-refractivity contribution in [1.29, 1.82) is 0 Å². The van der Waals surface area contributed by atoms with Crippen LogP contribution in [0.3, 0.4) is 0 Å². The largest absolute Gasteiger partial charge is 0.486 e. The first-order valence-corrected chi connectivity index (χ1v) is 10.3. The highest BCUT2D eigenvalue weighted by atomic mass is 35.5. The molecule has 30 heavy (non-hydrogen) atoms. The number of rotatable bonds is 5. The Morgan fingerprint density at radius 3 is 2.77 bits per heavy atom. The first-order chi connectivity index (χ1) is 14.7. The quantitative estimate of drug-likeness (QED) is 0.477. The number of aromatic amines is 1. The van der Waals surface area contributed by atoms with Gasteiger partial charge in [0.25, 0.3) is 0 Å². The van der Waals surface area contributed by atoms with E-state index in [2.05, 4.69) is 20.6 Å². The summed E-state index contributed by atoms with van der Waals surface area (Å²) in [5.74, 6) is 1.61. The summed E-state index contributed by atoms with van der Waals surface area (Å²) in [6.45, 7) is 0.159. The number of hydrogen-bond acceptors (Lipinski definition) is 7. The van der Waals surface area contributed by atoms with Crippen molar-refractivity contribution in [2.75, 3.05) is 5.75 Å². The number of nitrogens with zero attached hydrogens (tertiary/aromatic N) is 5. The molecule has 2 aromatic carbocycles. The number of halogens is 1. The number of thioether (sulfide) groups is 1. The molecule has 4 aromatic rings. The lowest BCUT2D eigenvalue weighted by Crippen LogP contribution is -2.42. The van der Waals surface area contributed by atoms with Crippen molar-refractivity contribution < 1.29 is 13.9 Å². The summed E-state index contributed by atoms with van der Waals surface area (Å²) < 4.78 is 14.0. The van der Waals surface area contributed by atoms with E-state index in [9.17, 15) is 4.79 Å². The number of benzene rings is 2. The Labute approximate surface area is 178 Å². The molecule has 0 amide bonds. The van der Waals surface area contributed by atoms with Crippen LogP contribution in [0.25, 0.3) is 5.69 Å². The summed E-state index contributed by atoms with van der Waals surface area (Å²) in [5, 5.41) is 16.8. The van der Waals surface area contributed by atoms with Gasteiger partial charge in [-0.05, 0) is 34.2 Å². The van der Waals surface area contributed by atoms with E-state index in [1.807, 2.05) is 30.3 Å². The van der Waals surface area contributed by atoms with Crippen molar-refractivity contribution in [1.82, 2.24) is 20.1 Å². The van der Waals surface area contributed by atoms with Gasteiger partial charge in [-0.15, -0.1) is 10.2 Å². The van der Waals surface area contributed by atoms with Crippen LogP contribution in [0.1, 0.15) is 11.5 Å². The van der Waals surface area contributed by atoms with Gasteiger partial charge >= 0.3 is 11.3 Å². The van der Waals surface area contributed by atoms with Crippen LogP contribution in [-0.4, -0.2) is 31.6 Å². The number of aromatic nitrogens is 5. The molecule has 1 N–H and O–H groups in total. The van der Waals surface area contributed by atoms with E-state index in [4.69, 9.17) is 20.9 Å². The van der Waals surface area contributed by atoms with Crippen LogP contribution in [0.4, 0.5) is 0 Å². The van der Waals surface area contributed by atoms with Gasteiger partial charge < -0.3 is 4.74 Å². The molecule has 1 aliphatic heterocycles. The molecule has 11 heteroatoms. The predicted molar refractivity (Wildman–Crippen MR) is 109 cm³/mol. The lowest BCUT2D eigenvalue weighted by molar-refractivity contribution is -0.671. The standard InChI is InChI=1S/C19H13ClN6O3S/c20-12-6-8-14(9-7-12)28-10-16-21-22-19-26(16)23-15(11-30-19)17-18(27)29-24-25(17)13-4-2-1-3-5-13/h1-9H,10-11H2/p+1. The molecule has 5 rings (SSSR count). The van der Waals surface area contributed by atoms with Crippen LogP contribution >= 0.6 is 23.4 Å². The van der Waals surface area contributed by atoms with Crippen molar-refractivity contribution in [3.8, 4) is 11.4 Å². The fraction of sp³-hybridized carbons (Fsp3) is 0.105. The van der Waals surface area contributed by atoms with Crippen molar-refractivity contribution in [2.24, 2.45) is 5.10 Å². The molecule has 3 heterocycles. The van der Waals surface area contributed by atoms with Gasteiger partial charge in [0, 0.05) is 17.2 Å². The fourth-order valence-electron chi connectivity index (χ4n) is 2.93. The van der Waals surface area contributed by atoms with E-state index in [1.54, 1.807) is 33.6 Å². The average molecular weight is 442 g/mol. The zero-order valence-electron chi connectivity index (χ0n) is 15.4. The predicted octanol–water partition coefficient (Wildman–Crippen LogP) is 2.43. The van der Waals surface area contributed by atoms with Gasteiger partial charge in [0.05, 0.1) is 5.75 Å². The second-order valence-corrected chi connectivity index (χ2v) is 7.67. The van der Waals surface area contributed by atoms with Crippen molar-refractivity contribution in [2.45, 2.75) is 11.8 Å². The first-order valence-electron chi connectivity index (χ1n) is 8.91. The zero-order chi connectivity index (χ0) is 20.5. The summed E-state index contributed by atoms with van der Waals surface area (Å²) in [6.07, 6.45) is 0. The van der Waals surface area contributed by atoms with E-state index in [0.29, 0.717) is 38.9 Å². The Morgan fingerprint density at radius 1 is 1.17 bits per heavy atom. The Bertz CT molecular complexity index is 1280. The minimum atomic E-state index is -0.506. The number of fused-ring (bicyclic) bond motifs is 1. The van der Waals surface area contributed by atoms with Gasteiger partial charge in [-0.1, -0.05) is 41.6 Å². The molecular weight excluding hydrogens is 428 g/mol. The molecule has 0 radical (unpaired) electrons. The molecule has 0 fully saturated rings. The molecule has 9 nitrogen and oxygen atoms in total. The van der Waals surface area contributed by atoms with Gasteiger partial charge in [-0.3, -0.25) is 4.52 Å². The number of ether oxygens (including phenoxy) is 1. The number of H-pyrrole nitrogens is 1. The molecule has 0 saturated heterocycles. The summed E-state index contributed by atoms with van der Waals surface area (Å²) in [5.41, 5.74) is 1.11. The van der Waals surface area contributed by atoms with Gasteiger partial charge in [0.2, 0.25) is 10.8 Å². The van der Waals surface area contributed by atoms with Crippen LogP contribution in [0.15, 0.2) is 74.2 Å². The SMILES string of the molecule is O=c1o[nH][n+](-c2ccccc2)c1C1=Nn2c(COc3ccc(Cl)cc3)nnc2SC1. The van der Waals surface area contributed by atoms with Crippen LogP contribution in [0.2, 0.25) is 5.02 Å². The normalized spacial score (nSPS) is 13.0. The zero-order valence-corrected chi connectivity index (χ0v) is 16.9. The second kappa shape index (κ2) is 7.81. The Hall–Kier alpha value is -3.37. The third-order valence-electron chi connectivity index (χ3n) is 4.35. The van der Waals surface area contributed by atoms with Gasteiger partial charge in [0.1, 0.15) is 12.4 Å². The summed E-state index contributed by atoms with van der Waals surface area (Å²) in [4.78, 5) is 12.4. The van der Waals surface area contributed by atoms with E-state index in [1.165, 1.54) is 11.8 Å². The smallest absolute Gasteiger partial charge is 0.437 e. The summed E-state index contributed by atoms with van der Waals surface area (Å²) >= 11 is 7.33. The molecule has 0 unspecified atom stereocenters. The maximum absolute atomic E-state index is 12.4. The van der Waals surface area contributed by atoms with Crippen molar-refractivity contribution in [3.63, 3.8) is 0 Å². The minimum absolute atomic E-state index is 0.159. The molecule has 0 atom stereocenters. The van der Waals surface area contributed by atoms with E-state index >= 15 is 0 Å². The second-order valence-electron chi connectivity index (χ2n) is 6.29. The van der Waals surface area contributed by atoms with Crippen LogP contribution in [0.5, 0.6) is 5.75 Å².